The van der Waals surface area contributed by atoms with Crippen molar-refractivity contribution in [2.45, 2.75) is 31.8 Å². The van der Waals surface area contributed by atoms with Crippen molar-refractivity contribution in [1.82, 2.24) is 19.9 Å². The Morgan fingerprint density at radius 1 is 1.16 bits per heavy atom. The summed E-state index contributed by atoms with van der Waals surface area (Å²) in [5, 5.41) is 3.03. The van der Waals surface area contributed by atoms with Gasteiger partial charge in [-0.3, -0.25) is 19.7 Å². The van der Waals surface area contributed by atoms with E-state index in [2.05, 4.69) is 25.3 Å². The first-order valence-corrected chi connectivity index (χ1v) is 10.9. The molecular formula is C22H21N5O3S. The maximum Gasteiger partial charge on any atom is 0.252 e. The second-order valence-corrected chi connectivity index (χ2v) is 8.49. The topological polar surface area (TPSA) is 118 Å². The zero-order chi connectivity index (χ0) is 22.0. The SMILES string of the molecule is Cc1nc(NC(=O)CSc2nc(-c3ccccc3)cc(=O)[nH]2)nc2c1C(=O)C[C@H](C)C2. The van der Waals surface area contributed by atoms with E-state index < -0.39 is 0 Å². The number of nitrogens with one attached hydrogen (secondary N) is 2. The van der Waals surface area contributed by atoms with E-state index in [0.717, 1.165) is 17.3 Å². The molecule has 1 amide bonds. The quantitative estimate of drug-likeness (QED) is 0.467. The number of hydrogen-bond donors (Lipinski definition) is 2. The molecule has 31 heavy (non-hydrogen) atoms. The normalized spacial score (nSPS) is 15.4. The highest BCUT2D eigenvalue weighted by Gasteiger charge is 2.26. The van der Waals surface area contributed by atoms with Crippen LogP contribution in [0.5, 0.6) is 0 Å². The highest BCUT2D eigenvalue weighted by atomic mass is 32.2. The number of H-pyrrole nitrogens is 1. The molecule has 2 heterocycles. The van der Waals surface area contributed by atoms with Gasteiger partial charge < -0.3 is 4.98 Å². The predicted molar refractivity (Wildman–Crippen MR) is 118 cm³/mol. The number of thioether (sulfide) groups is 1. The van der Waals surface area contributed by atoms with Gasteiger partial charge in [-0.25, -0.2) is 15.0 Å². The van der Waals surface area contributed by atoms with Gasteiger partial charge in [-0.1, -0.05) is 49.0 Å². The first kappa shape index (κ1) is 20.9. The lowest BCUT2D eigenvalue weighted by Crippen LogP contribution is -2.24. The molecule has 1 aliphatic rings. The Balaban J connectivity index is 1.45. The molecule has 2 N–H and O–H groups in total. The molecule has 8 nitrogen and oxygen atoms in total. The Bertz CT molecular complexity index is 1210. The summed E-state index contributed by atoms with van der Waals surface area (Å²) < 4.78 is 0. The van der Waals surface area contributed by atoms with Gasteiger partial charge in [0.15, 0.2) is 10.9 Å². The van der Waals surface area contributed by atoms with Crippen molar-refractivity contribution in [2.75, 3.05) is 11.1 Å². The smallest absolute Gasteiger partial charge is 0.252 e. The number of aryl methyl sites for hydroxylation is 1. The number of carbonyl (C=O) groups is 2. The Kier molecular flexibility index (Phi) is 5.94. The molecule has 3 aromatic rings. The highest BCUT2D eigenvalue weighted by Crippen LogP contribution is 2.26. The van der Waals surface area contributed by atoms with Crippen LogP contribution in [-0.2, 0) is 11.2 Å². The van der Waals surface area contributed by atoms with Crippen LogP contribution in [0.1, 0.15) is 35.1 Å². The Labute approximate surface area is 182 Å². The van der Waals surface area contributed by atoms with E-state index >= 15 is 0 Å². The van der Waals surface area contributed by atoms with Gasteiger partial charge in [0.2, 0.25) is 11.9 Å². The van der Waals surface area contributed by atoms with Gasteiger partial charge in [-0.2, -0.15) is 0 Å². The van der Waals surface area contributed by atoms with Gasteiger partial charge in [0.1, 0.15) is 0 Å². The van der Waals surface area contributed by atoms with E-state index in [4.69, 9.17) is 0 Å². The molecule has 158 valence electrons. The third-order valence-electron chi connectivity index (χ3n) is 4.90. The third-order valence-corrected chi connectivity index (χ3v) is 5.77. The highest BCUT2D eigenvalue weighted by molar-refractivity contribution is 7.99. The van der Waals surface area contributed by atoms with Gasteiger partial charge in [-0.15, -0.1) is 0 Å². The van der Waals surface area contributed by atoms with Crippen LogP contribution in [0.2, 0.25) is 0 Å². The van der Waals surface area contributed by atoms with Crippen molar-refractivity contribution in [2.24, 2.45) is 5.92 Å². The first-order chi connectivity index (χ1) is 14.9. The van der Waals surface area contributed by atoms with Crippen molar-refractivity contribution < 1.29 is 9.59 Å². The van der Waals surface area contributed by atoms with Crippen LogP contribution in [-0.4, -0.2) is 37.4 Å². The zero-order valence-electron chi connectivity index (χ0n) is 17.1. The largest absolute Gasteiger partial charge is 0.301 e. The summed E-state index contributed by atoms with van der Waals surface area (Å²) in [7, 11) is 0. The zero-order valence-corrected chi connectivity index (χ0v) is 18.0. The number of amides is 1. The van der Waals surface area contributed by atoms with Crippen molar-refractivity contribution in [1.29, 1.82) is 0 Å². The van der Waals surface area contributed by atoms with Gasteiger partial charge in [0.05, 0.1) is 28.4 Å². The lowest BCUT2D eigenvalue weighted by Gasteiger charge is -2.21. The molecule has 2 aromatic heterocycles. The van der Waals surface area contributed by atoms with Crippen LogP contribution < -0.4 is 10.9 Å². The predicted octanol–water partition coefficient (Wildman–Crippen LogP) is 3.03. The average Bonchev–Trinajstić information content (AvgIpc) is 2.71. The molecule has 0 spiro atoms. The number of nitrogens with zero attached hydrogens (tertiary/aromatic N) is 3. The van der Waals surface area contributed by atoms with Crippen LogP contribution in [0.25, 0.3) is 11.3 Å². The molecule has 1 aliphatic carbocycles. The molecule has 0 fully saturated rings. The maximum absolute atomic E-state index is 12.4. The molecule has 0 aliphatic heterocycles. The van der Waals surface area contributed by atoms with E-state index in [-0.39, 0.29) is 34.9 Å². The number of aromatic amines is 1. The summed E-state index contributed by atoms with van der Waals surface area (Å²) in [6.45, 7) is 3.76. The summed E-state index contributed by atoms with van der Waals surface area (Å²) in [4.78, 5) is 52.4. The number of aromatic nitrogens is 4. The van der Waals surface area contributed by atoms with Gasteiger partial charge >= 0.3 is 0 Å². The van der Waals surface area contributed by atoms with Crippen LogP contribution in [0, 0.1) is 12.8 Å². The van der Waals surface area contributed by atoms with Crippen molar-refractivity contribution in [3.8, 4) is 11.3 Å². The molecule has 0 saturated heterocycles. The van der Waals surface area contributed by atoms with Crippen LogP contribution in [0.15, 0.2) is 46.3 Å². The molecular weight excluding hydrogens is 414 g/mol. The monoisotopic (exact) mass is 435 g/mol. The lowest BCUT2D eigenvalue weighted by molar-refractivity contribution is -0.113. The minimum absolute atomic E-state index is 0.0238. The van der Waals surface area contributed by atoms with Gasteiger partial charge in [-0.05, 0) is 19.3 Å². The van der Waals surface area contributed by atoms with E-state index in [1.807, 2.05) is 37.3 Å². The van der Waals surface area contributed by atoms with Crippen LogP contribution >= 0.6 is 11.8 Å². The van der Waals surface area contributed by atoms with E-state index in [1.165, 1.54) is 6.07 Å². The van der Waals surface area contributed by atoms with Gasteiger partial charge in [0.25, 0.3) is 5.56 Å². The summed E-state index contributed by atoms with van der Waals surface area (Å²) >= 11 is 1.12. The molecule has 0 unspecified atom stereocenters. The minimum atomic E-state index is -0.327. The second kappa shape index (κ2) is 8.81. The molecule has 0 saturated carbocycles. The maximum atomic E-state index is 12.4. The Morgan fingerprint density at radius 3 is 2.71 bits per heavy atom. The van der Waals surface area contributed by atoms with Crippen LogP contribution in [0.4, 0.5) is 5.95 Å². The summed E-state index contributed by atoms with van der Waals surface area (Å²) in [6, 6.07) is 10.8. The number of carbonyl (C=O) groups excluding carboxylic acids is 2. The van der Waals surface area contributed by atoms with Crippen molar-refractivity contribution in [3.63, 3.8) is 0 Å². The van der Waals surface area contributed by atoms with Crippen molar-refractivity contribution >= 4 is 29.4 Å². The second-order valence-electron chi connectivity index (χ2n) is 7.53. The van der Waals surface area contributed by atoms with E-state index in [1.54, 1.807) is 6.92 Å². The lowest BCUT2D eigenvalue weighted by atomic mass is 9.86. The Morgan fingerprint density at radius 2 is 1.94 bits per heavy atom. The average molecular weight is 436 g/mol. The van der Waals surface area contributed by atoms with Crippen molar-refractivity contribution in [3.05, 3.63) is 63.7 Å². The Hall–Kier alpha value is -3.33. The third kappa shape index (κ3) is 4.88. The fourth-order valence-corrected chi connectivity index (χ4v) is 4.25. The number of ketones is 1. The number of benzene rings is 1. The standard InChI is InChI=1S/C22H21N5O3S/c1-12-8-16-20(17(28)9-12)13(2)23-21(24-16)26-19(30)11-31-22-25-15(10-18(29)27-22)14-6-4-3-5-7-14/h3-7,10,12H,8-9,11H2,1-2H3,(H,25,27,29)(H,23,24,26,30)/t12-/m1/s1. The fourth-order valence-electron chi connectivity index (χ4n) is 3.57. The summed E-state index contributed by atoms with van der Waals surface area (Å²) in [6.07, 6.45) is 1.17. The number of anilines is 1. The first-order valence-electron chi connectivity index (χ1n) is 9.89. The molecule has 1 aromatic carbocycles. The van der Waals surface area contributed by atoms with E-state index in [0.29, 0.717) is 40.6 Å². The molecule has 4 rings (SSSR count). The fraction of sp³-hybridized carbons (Fsp3) is 0.273. The van der Waals surface area contributed by atoms with Gasteiger partial charge in [0, 0.05) is 18.1 Å². The number of hydrogen-bond acceptors (Lipinski definition) is 7. The summed E-state index contributed by atoms with van der Waals surface area (Å²) in [5.41, 5.74) is 2.91. The minimum Gasteiger partial charge on any atom is -0.301 e. The molecule has 0 bridgehead atoms. The van der Waals surface area contributed by atoms with Crippen LogP contribution in [0.3, 0.4) is 0 Å². The molecule has 0 radical (unpaired) electrons. The summed E-state index contributed by atoms with van der Waals surface area (Å²) in [5.74, 6) is 0.146. The number of rotatable bonds is 5. The molecule has 9 heteroatoms. The van der Waals surface area contributed by atoms with E-state index in [9.17, 15) is 14.4 Å². The molecule has 1 atom stereocenters. The number of Topliss-reactive ketones (excluding diaryl/α,β-unsaturated/α-hetero) is 1. The number of fused-ring (bicyclic) bond motifs is 1.